The Kier molecular flexibility index (Phi) is 10.5. The molecule has 0 saturated carbocycles. The maximum absolute atomic E-state index is 13.7. The van der Waals surface area contributed by atoms with Gasteiger partial charge in [0.25, 0.3) is 11.8 Å². The predicted molar refractivity (Wildman–Crippen MR) is 245 cm³/mol. The van der Waals surface area contributed by atoms with Crippen molar-refractivity contribution in [1.82, 2.24) is 69.4 Å². The molecule has 7 aromatic heterocycles. The minimum atomic E-state index is -0.120. The lowest BCUT2D eigenvalue weighted by Gasteiger charge is -2.35. The van der Waals surface area contributed by atoms with Gasteiger partial charge in [0.1, 0.15) is 23.5 Å². The molecule has 0 bridgehead atoms. The number of benzene rings is 1. The number of hydrogen-bond donors (Lipinski definition) is 3. The lowest BCUT2D eigenvalue weighted by molar-refractivity contribution is 0.0729. The van der Waals surface area contributed by atoms with Gasteiger partial charge < -0.3 is 41.0 Å². The van der Waals surface area contributed by atoms with Crippen LogP contribution in [0.15, 0.2) is 86.2 Å². The van der Waals surface area contributed by atoms with Gasteiger partial charge in [-0.3, -0.25) is 9.59 Å². The first-order valence-corrected chi connectivity index (χ1v) is 21.8. The number of rotatable bonds is 9. The molecule has 0 radical (unpaired) electrons. The summed E-state index contributed by atoms with van der Waals surface area (Å²) < 4.78 is 1.86. The number of aromatic amines is 1. The van der Waals surface area contributed by atoms with Crippen molar-refractivity contribution in [3.05, 3.63) is 120 Å². The maximum atomic E-state index is 13.7. The molecule has 2 fully saturated rings. The van der Waals surface area contributed by atoms with E-state index in [1.54, 1.807) is 48.3 Å². The highest BCUT2D eigenvalue weighted by Gasteiger charge is 2.28. The van der Waals surface area contributed by atoms with Crippen LogP contribution in [0.5, 0.6) is 0 Å². The summed E-state index contributed by atoms with van der Waals surface area (Å²) in [6, 6.07) is 10.3. The molecule has 0 spiro atoms. The highest BCUT2D eigenvalue weighted by molar-refractivity contribution is 5.99. The number of nitrogens with two attached hydrogens (primary N) is 2. The zero-order chi connectivity index (χ0) is 44.7. The van der Waals surface area contributed by atoms with E-state index >= 15 is 0 Å². The van der Waals surface area contributed by atoms with Crippen LogP contribution in [0.2, 0.25) is 0 Å². The fourth-order valence-electron chi connectivity index (χ4n) is 8.85. The number of fused-ring (bicyclic) bond motifs is 3. The Morgan fingerprint density at radius 3 is 1.89 bits per heavy atom. The van der Waals surface area contributed by atoms with Crippen LogP contribution in [0.25, 0.3) is 33.3 Å². The van der Waals surface area contributed by atoms with Gasteiger partial charge in [-0.25, -0.2) is 49.5 Å². The lowest BCUT2D eigenvalue weighted by Crippen LogP contribution is -2.49. The predicted octanol–water partition coefficient (Wildman–Crippen LogP) is 2.32. The molecule has 2 amide bonds. The maximum Gasteiger partial charge on any atom is 0.257 e. The molecular formula is C45H45N19O2. The smallest absolute Gasteiger partial charge is 0.257 e. The zero-order valence-corrected chi connectivity index (χ0v) is 35.9. The molecule has 0 atom stereocenters. The average Bonchev–Trinajstić information content (AvgIpc) is 4.01. The van der Waals surface area contributed by atoms with Gasteiger partial charge >= 0.3 is 0 Å². The molecule has 0 aliphatic carbocycles. The average molecular weight is 884 g/mol. The molecule has 3 aliphatic rings. The molecule has 66 heavy (non-hydrogen) atoms. The molecular weight excluding hydrogens is 839 g/mol. The van der Waals surface area contributed by atoms with Crippen molar-refractivity contribution in [2.24, 2.45) is 5.73 Å². The quantitative estimate of drug-likeness (QED) is 0.188. The first-order chi connectivity index (χ1) is 32.3. The third-order valence-corrected chi connectivity index (χ3v) is 12.5. The van der Waals surface area contributed by atoms with E-state index in [9.17, 15) is 9.59 Å². The summed E-state index contributed by atoms with van der Waals surface area (Å²) in [7, 11) is 0. The van der Waals surface area contributed by atoms with Crippen LogP contribution in [-0.4, -0.2) is 140 Å². The summed E-state index contributed by atoms with van der Waals surface area (Å²) in [6.45, 7) is 6.86. The normalized spacial score (nSPS) is 15.4. The third kappa shape index (κ3) is 7.78. The summed E-state index contributed by atoms with van der Waals surface area (Å²) in [5.41, 5.74) is 20.1. The SMILES string of the molecule is NCc1cnc(N2CCN(c3ncc(C(=O)N4CCN(c5ncc(C(=O)N6CCc7cc(Cn8nc(-c9cnc%10[nH]ccc%10c9)c9c(N)ncnc98)ccc7C6)cn5)CC4)cn3)CC2)nc1. The molecule has 10 heterocycles. The van der Waals surface area contributed by atoms with Crippen LogP contribution in [0.4, 0.5) is 23.7 Å². The number of carbonyl (C=O) groups is 2. The number of nitrogen functional groups attached to an aromatic ring is 1. The van der Waals surface area contributed by atoms with E-state index in [2.05, 4.69) is 77.8 Å². The monoisotopic (exact) mass is 883 g/mol. The van der Waals surface area contributed by atoms with E-state index < -0.39 is 0 Å². The molecule has 0 unspecified atom stereocenters. The standard InChI is InChI=1S/C45H45N19O2/c46-17-29-18-50-43(51-19-29)61-11-13-62(14-12-61)45-52-21-34(22-53-45)41(65)59-7-9-60(10-8-59)44-54-23-35(24-55-44)42(66)63-6-4-30-15-28(1-2-32(30)26-63)25-64-40-36(38(47)56-27-57-40)37(58-64)33-16-31-3-5-48-39(31)49-20-33/h1-3,5,15-16,18-24,27H,4,6-14,17,25-26,46H2,(H,48,49)(H2,47,56,57). The van der Waals surface area contributed by atoms with Crippen molar-refractivity contribution >= 4 is 57.5 Å². The van der Waals surface area contributed by atoms with Gasteiger partial charge in [-0.1, -0.05) is 18.2 Å². The third-order valence-electron chi connectivity index (χ3n) is 12.5. The van der Waals surface area contributed by atoms with Gasteiger partial charge in [-0.15, -0.1) is 0 Å². The molecule has 5 N–H and O–H groups in total. The number of aromatic nitrogens is 12. The van der Waals surface area contributed by atoms with Crippen LogP contribution in [-0.2, 0) is 26.1 Å². The van der Waals surface area contributed by atoms with Crippen molar-refractivity contribution in [3.63, 3.8) is 0 Å². The highest BCUT2D eigenvalue weighted by atomic mass is 16.2. The topological polar surface area (TPSA) is 252 Å². The number of nitrogens with zero attached hydrogens (tertiary/aromatic N) is 16. The van der Waals surface area contributed by atoms with Gasteiger partial charge in [0.15, 0.2) is 5.65 Å². The molecule has 8 aromatic rings. The minimum Gasteiger partial charge on any atom is -0.383 e. The Morgan fingerprint density at radius 2 is 1.24 bits per heavy atom. The van der Waals surface area contributed by atoms with Gasteiger partial charge in [-0.2, -0.15) is 5.10 Å². The Hall–Kier alpha value is -8.20. The number of piperazine rings is 2. The first-order valence-electron chi connectivity index (χ1n) is 21.8. The number of carbonyl (C=O) groups excluding carboxylic acids is 2. The number of hydrogen-bond acceptors (Lipinski definition) is 17. The molecule has 1 aromatic carbocycles. The molecule has 11 rings (SSSR count). The Labute approximate surface area is 377 Å². The molecule has 332 valence electrons. The number of anilines is 4. The zero-order valence-electron chi connectivity index (χ0n) is 35.9. The summed E-state index contributed by atoms with van der Waals surface area (Å²) in [6.07, 6.45) is 15.7. The second-order valence-corrected chi connectivity index (χ2v) is 16.6. The van der Waals surface area contributed by atoms with E-state index in [-0.39, 0.29) is 11.8 Å². The van der Waals surface area contributed by atoms with E-state index in [4.69, 9.17) is 16.6 Å². The Bertz CT molecular complexity index is 3070. The van der Waals surface area contributed by atoms with Crippen LogP contribution < -0.4 is 26.2 Å². The summed E-state index contributed by atoms with van der Waals surface area (Å²) in [5, 5.41) is 6.62. The molecule has 21 nitrogen and oxygen atoms in total. The van der Waals surface area contributed by atoms with Gasteiger partial charge in [0.2, 0.25) is 17.8 Å². The first kappa shape index (κ1) is 40.6. The van der Waals surface area contributed by atoms with Crippen molar-refractivity contribution in [3.8, 4) is 11.3 Å². The number of pyridine rings is 1. The van der Waals surface area contributed by atoms with Crippen molar-refractivity contribution in [2.45, 2.75) is 26.1 Å². The fourth-order valence-corrected chi connectivity index (χ4v) is 8.85. The number of nitrogens with one attached hydrogen (secondary N) is 1. The van der Waals surface area contributed by atoms with E-state index in [1.807, 2.05) is 32.8 Å². The van der Waals surface area contributed by atoms with Crippen LogP contribution in [0.1, 0.15) is 43.0 Å². The fraction of sp³-hybridized carbons (Fsp3) is 0.289. The Balaban J connectivity index is 0.676. The minimum absolute atomic E-state index is 0.119. The van der Waals surface area contributed by atoms with Crippen LogP contribution >= 0.6 is 0 Å². The van der Waals surface area contributed by atoms with Gasteiger partial charge in [0, 0.05) is 138 Å². The van der Waals surface area contributed by atoms with E-state index in [1.165, 1.54) is 11.9 Å². The van der Waals surface area contributed by atoms with Crippen molar-refractivity contribution in [2.75, 3.05) is 79.3 Å². The van der Waals surface area contributed by atoms with Crippen molar-refractivity contribution in [1.29, 1.82) is 0 Å². The highest BCUT2D eigenvalue weighted by Crippen LogP contribution is 2.32. The van der Waals surface area contributed by atoms with E-state index in [0.717, 1.165) is 46.4 Å². The summed E-state index contributed by atoms with van der Waals surface area (Å²) >= 11 is 0. The molecule has 2 saturated heterocycles. The molecule has 21 heteroatoms. The second kappa shape index (κ2) is 17.1. The number of H-pyrrole nitrogens is 1. The largest absolute Gasteiger partial charge is 0.383 e. The molecule has 3 aliphatic heterocycles. The van der Waals surface area contributed by atoms with Crippen molar-refractivity contribution < 1.29 is 9.59 Å². The summed E-state index contributed by atoms with van der Waals surface area (Å²) in [5.74, 6) is 1.91. The van der Waals surface area contributed by atoms with Gasteiger partial charge in [-0.05, 0) is 35.2 Å². The van der Waals surface area contributed by atoms with Gasteiger partial charge in [0.05, 0.1) is 23.1 Å². The second-order valence-electron chi connectivity index (χ2n) is 16.6. The lowest BCUT2D eigenvalue weighted by atomic mass is 9.97. The van der Waals surface area contributed by atoms with Crippen LogP contribution in [0, 0.1) is 0 Å². The van der Waals surface area contributed by atoms with Crippen LogP contribution in [0.3, 0.4) is 0 Å². The Morgan fingerprint density at radius 1 is 0.621 bits per heavy atom. The number of amides is 2. The van der Waals surface area contributed by atoms with E-state index in [0.29, 0.717) is 123 Å². The summed E-state index contributed by atoms with van der Waals surface area (Å²) in [4.78, 5) is 80.6.